The summed E-state index contributed by atoms with van der Waals surface area (Å²) in [7, 11) is -4.01. The number of nitrogens with one attached hydrogen (secondary N) is 1. The third-order valence-corrected chi connectivity index (χ3v) is 7.45. The molecule has 0 unspecified atom stereocenters. The number of amides is 1. The maximum Gasteiger partial charge on any atom is 0.265 e. The van der Waals surface area contributed by atoms with E-state index in [2.05, 4.69) is 0 Å². The first kappa shape index (κ1) is 19.1. The van der Waals surface area contributed by atoms with Crippen molar-refractivity contribution >= 4 is 15.7 Å². The fourth-order valence-electron chi connectivity index (χ4n) is 3.33. The number of rotatable bonds is 5. The molecule has 0 aromatic heterocycles. The summed E-state index contributed by atoms with van der Waals surface area (Å²) < 4.78 is 40.8. The van der Waals surface area contributed by atoms with E-state index in [9.17, 15) is 13.2 Å². The lowest BCUT2D eigenvalue weighted by atomic mass is 9.98. The zero-order valence-electron chi connectivity index (χ0n) is 14.3. The Hall–Kier alpha value is -1.68. The molecular weight excluding hydrogens is 362 g/mol. The molecule has 1 aromatic rings. The molecule has 9 heteroatoms. The van der Waals surface area contributed by atoms with Crippen molar-refractivity contribution in [2.45, 2.75) is 41.4 Å². The van der Waals surface area contributed by atoms with Gasteiger partial charge in [-0.3, -0.25) is 10.0 Å². The maximum atomic E-state index is 13.1. The fourth-order valence-corrected chi connectivity index (χ4v) is 5.27. The van der Waals surface area contributed by atoms with Crippen molar-refractivity contribution < 1.29 is 32.6 Å². The largest absolute Gasteiger partial charge is 0.490 e. The van der Waals surface area contributed by atoms with Gasteiger partial charge < -0.3 is 14.2 Å². The molecule has 0 saturated carbocycles. The third-order valence-electron chi connectivity index (χ3n) is 4.94. The van der Waals surface area contributed by atoms with Crippen molar-refractivity contribution in [2.24, 2.45) is 0 Å². The number of carbonyl (C=O) groups excluding carboxylic acids is 1. The summed E-state index contributed by atoms with van der Waals surface area (Å²) in [6, 6.07) is 6.05. The second kappa shape index (κ2) is 7.91. The number of sulfone groups is 1. The summed E-state index contributed by atoms with van der Waals surface area (Å²) in [5.74, 6) is -0.355. The van der Waals surface area contributed by atoms with Gasteiger partial charge in [0.05, 0.1) is 18.1 Å². The Morgan fingerprint density at radius 1 is 1.08 bits per heavy atom. The van der Waals surface area contributed by atoms with E-state index in [0.717, 1.165) is 12.8 Å². The van der Waals surface area contributed by atoms with E-state index >= 15 is 0 Å². The quantitative estimate of drug-likeness (QED) is 0.576. The summed E-state index contributed by atoms with van der Waals surface area (Å²) in [6.45, 7) is 1.57. The Bertz CT molecular complexity index is 720. The molecule has 26 heavy (non-hydrogen) atoms. The molecule has 1 aromatic carbocycles. The van der Waals surface area contributed by atoms with E-state index in [0.29, 0.717) is 19.0 Å². The molecule has 144 valence electrons. The SMILES string of the molecule is O=C(NO)C1(S(=O)(=O)c2ccc(OC3CCOCC3)cc2)CCOCC1. The Kier molecular flexibility index (Phi) is 5.81. The van der Waals surface area contributed by atoms with Crippen LogP contribution in [0.5, 0.6) is 5.75 Å². The molecule has 2 aliphatic rings. The standard InChI is InChI=1S/C17H23NO7S/c19-16(18-20)17(7-11-24-12-8-17)26(21,22)15-3-1-13(2-4-15)25-14-5-9-23-10-6-14/h1-4,14,20H,5-12H2,(H,18,19). The molecule has 0 spiro atoms. The maximum absolute atomic E-state index is 13.1. The highest BCUT2D eigenvalue weighted by atomic mass is 32.2. The number of ether oxygens (including phenoxy) is 3. The molecule has 0 bridgehead atoms. The first-order chi connectivity index (χ1) is 12.5. The molecular formula is C17H23NO7S. The van der Waals surface area contributed by atoms with Crippen LogP contribution < -0.4 is 10.2 Å². The van der Waals surface area contributed by atoms with E-state index in [1.54, 1.807) is 12.1 Å². The van der Waals surface area contributed by atoms with Crippen LogP contribution in [0.1, 0.15) is 25.7 Å². The van der Waals surface area contributed by atoms with Gasteiger partial charge in [-0.25, -0.2) is 13.9 Å². The highest BCUT2D eigenvalue weighted by Crippen LogP contribution is 2.36. The van der Waals surface area contributed by atoms with Crippen LogP contribution in [0.25, 0.3) is 0 Å². The van der Waals surface area contributed by atoms with Gasteiger partial charge in [0.2, 0.25) is 0 Å². The van der Waals surface area contributed by atoms with Crippen molar-refractivity contribution in [1.82, 2.24) is 5.48 Å². The van der Waals surface area contributed by atoms with Gasteiger partial charge in [0.25, 0.3) is 5.91 Å². The molecule has 8 nitrogen and oxygen atoms in total. The van der Waals surface area contributed by atoms with E-state index in [1.165, 1.54) is 17.6 Å². The van der Waals surface area contributed by atoms with Crippen molar-refractivity contribution in [3.63, 3.8) is 0 Å². The molecule has 2 heterocycles. The smallest absolute Gasteiger partial charge is 0.265 e. The summed E-state index contributed by atoms with van der Waals surface area (Å²) in [5, 5.41) is 9.05. The summed E-state index contributed by atoms with van der Waals surface area (Å²) in [4.78, 5) is 12.2. The van der Waals surface area contributed by atoms with Crippen molar-refractivity contribution in [2.75, 3.05) is 26.4 Å². The zero-order chi connectivity index (χ0) is 18.6. The van der Waals surface area contributed by atoms with E-state index in [1.807, 2.05) is 0 Å². The summed E-state index contributed by atoms with van der Waals surface area (Å²) >= 11 is 0. The van der Waals surface area contributed by atoms with Crippen LogP contribution in [-0.2, 0) is 24.1 Å². The number of hydrogen-bond donors (Lipinski definition) is 2. The lowest BCUT2D eigenvalue weighted by Crippen LogP contribution is -2.54. The van der Waals surface area contributed by atoms with Crippen LogP contribution >= 0.6 is 0 Å². The average Bonchev–Trinajstić information content (AvgIpc) is 2.69. The Morgan fingerprint density at radius 2 is 1.65 bits per heavy atom. The number of carbonyl (C=O) groups is 1. The predicted molar refractivity (Wildman–Crippen MR) is 90.8 cm³/mol. The predicted octanol–water partition coefficient (Wildman–Crippen LogP) is 1.07. The molecule has 2 fully saturated rings. The van der Waals surface area contributed by atoms with Crippen molar-refractivity contribution in [1.29, 1.82) is 0 Å². The number of benzene rings is 1. The van der Waals surface area contributed by atoms with E-state index in [-0.39, 0.29) is 37.1 Å². The third kappa shape index (κ3) is 3.57. The van der Waals surface area contributed by atoms with Crippen LogP contribution in [0.4, 0.5) is 0 Å². The number of hydrogen-bond acceptors (Lipinski definition) is 7. The van der Waals surface area contributed by atoms with Crippen molar-refractivity contribution in [3.8, 4) is 5.75 Å². The van der Waals surface area contributed by atoms with Gasteiger partial charge in [0.15, 0.2) is 14.6 Å². The van der Waals surface area contributed by atoms with Crippen LogP contribution in [0.15, 0.2) is 29.2 Å². The normalized spacial score (nSPS) is 21.1. The topological polar surface area (TPSA) is 111 Å². The minimum absolute atomic E-state index is 0.0119. The molecule has 2 aliphatic heterocycles. The van der Waals surface area contributed by atoms with Crippen LogP contribution in [0, 0.1) is 0 Å². The lowest BCUT2D eigenvalue weighted by Gasteiger charge is -2.34. The molecule has 3 rings (SSSR count). The Labute approximate surface area is 152 Å². The molecule has 2 N–H and O–H groups in total. The highest BCUT2D eigenvalue weighted by molar-refractivity contribution is 7.93. The van der Waals surface area contributed by atoms with Gasteiger partial charge in [0.1, 0.15) is 11.9 Å². The van der Waals surface area contributed by atoms with Gasteiger partial charge >= 0.3 is 0 Å². The highest BCUT2D eigenvalue weighted by Gasteiger charge is 2.52. The lowest BCUT2D eigenvalue weighted by molar-refractivity contribution is -0.134. The van der Waals surface area contributed by atoms with E-state index in [4.69, 9.17) is 19.4 Å². The Balaban J connectivity index is 1.82. The fraction of sp³-hybridized carbons (Fsp3) is 0.588. The molecule has 1 amide bonds. The van der Waals surface area contributed by atoms with Gasteiger partial charge in [-0.15, -0.1) is 0 Å². The second-order valence-corrected chi connectivity index (χ2v) is 8.71. The molecule has 0 aliphatic carbocycles. The monoisotopic (exact) mass is 385 g/mol. The second-order valence-electron chi connectivity index (χ2n) is 6.45. The average molecular weight is 385 g/mol. The van der Waals surface area contributed by atoms with Gasteiger partial charge in [-0.05, 0) is 37.1 Å². The van der Waals surface area contributed by atoms with Gasteiger partial charge in [0, 0.05) is 26.1 Å². The first-order valence-corrected chi connectivity index (χ1v) is 10.1. The Morgan fingerprint density at radius 3 is 2.23 bits per heavy atom. The summed E-state index contributed by atoms with van der Waals surface area (Å²) in [6.07, 6.45) is 1.61. The minimum atomic E-state index is -4.01. The van der Waals surface area contributed by atoms with Crippen molar-refractivity contribution in [3.05, 3.63) is 24.3 Å². The van der Waals surface area contributed by atoms with Crippen LogP contribution in [-0.4, -0.2) is 56.8 Å². The van der Waals surface area contributed by atoms with Gasteiger partial charge in [-0.1, -0.05) is 0 Å². The van der Waals surface area contributed by atoms with Crippen LogP contribution in [0.3, 0.4) is 0 Å². The van der Waals surface area contributed by atoms with Crippen LogP contribution in [0.2, 0.25) is 0 Å². The molecule has 0 atom stereocenters. The zero-order valence-corrected chi connectivity index (χ0v) is 15.2. The molecule has 0 radical (unpaired) electrons. The number of hydroxylamine groups is 1. The first-order valence-electron chi connectivity index (χ1n) is 8.61. The minimum Gasteiger partial charge on any atom is -0.490 e. The van der Waals surface area contributed by atoms with Gasteiger partial charge in [-0.2, -0.15) is 0 Å². The molecule has 2 saturated heterocycles. The summed E-state index contributed by atoms with van der Waals surface area (Å²) in [5.41, 5.74) is 1.51. The van der Waals surface area contributed by atoms with E-state index < -0.39 is 20.5 Å².